The lowest BCUT2D eigenvalue weighted by molar-refractivity contribution is 0.0316. The maximum absolute atomic E-state index is 12.3. The first-order valence-electron chi connectivity index (χ1n) is 7.07. The molecule has 0 aliphatic rings. The van der Waals surface area contributed by atoms with E-state index in [4.69, 9.17) is 9.47 Å². The van der Waals surface area contributed by atoms with Crippen molar-refractivity contribution < 1.29 is 19.1 Å². The first-order chi connectivity index (χ1) is 10.9. The molecule has 0 radical (unpaired) electrons. The number of esters is 1. The van der Waals surface area contributed by atoms with Crippen LogP contribution in [0.3, 0.4) is 0 Å². The number of carbonyl (C=O) groups is 2. The molecule has 0 fully saturated rings. The Labute approximate surface area is 143 Å². The van der Waals surface area contributed by atoms with Crippen molar-refractivity contribution in [2.45, 2.75) is 20.0 Å². The fourth-order valence-electron chi connectivity index (χ4n) is 2.11. The number of ketones is 1. The lowest BCUT2D eigenvalue weighted by Crippen LogP contribution is -2.24. The molecule has 0 aliphatic heterocycles. The summed E-state index contributed by atoms with van der Waals surface area (Å²) in [6, 6.07) is 12.1. The molecular formula is C18H17BrO4. The van der Waals surface area contributed by atoms with E-state index in [9.17, 15) is 9.59 Å². The Morgan fingerprint density at radius 1 is 1.09 bits per heavy atom. The average molecular weight is 377 g/mol. The molecule has 0 bridgehead atoms. The van der Waals surface area contributed by atoms with Gasteiger partial charge in [0.15, 0.2) is 6.10 Å². The van der Waals surface area contributed by atoms with Gasteiger partial charge in [-0.15, -0.1) is 0 Å². The van der Waals surface area contributed by atoms with Gasteiger partial charge in [-0.1, -0.05) is 39.7 Å². The minimum absolute atomic E-state index is 0.252. The van der Waals surface area contributed by atoms with Crippen LogP contribution in [0.2, 0.25) is 0 Å². The van der Waals surface area contributed by atoms with E-state index in [-0.39, 0.29) is 5.78 Å². The Hall–Kier alpha value is -2.14. The average Bonchev–Trinajstić information content (AvgIpc) is 2.54. The molecule has 0 heterocycles. The number of halogens is 1. The van der Waals surface area contributed by atoms with Crippen LogP contribution in [0.1, 0.15) is 33.2 Å². The van der Waals surface area contributed by atoms with Crippen LogP contribution in [0, 0.1) is 6.92 Å². The summed E-state index contributed by atoms with van der Waals surface area (Å²) in [5.41, 5.74) is 1.71. The van der Waals surface area contributed by atoms with E-state index in [1.165, 1.54) is 7.11 Å². The van der Waals surface area contributed by atoms with E-state index in [2.05, 4.69) is 15.9 Å². The Morgan fingerprint density at radius 3 is 2.35 bits per heavy atom. The van der Waals surface area contributed by atoms with E-state index in [1.807, 2.05) is 13.0 Å². The van der Waals surface area contributed by atoms with Crippen LogP contribution in [0.25, 0.3) is 0 Å². The summed E-state index contributed by atoms with van der Waals surface area (Å²) in [6.45, 7) is 3.43. The number of hydrogen-bond donors (Lipinski definition) is 0. The maximum Gasteiger partial charge on any atom is 0.342 e. The van der Waals surface area contributed by atoms with Gasteiger partial charge >= 0.3 is 5.97 Å². The quantitative estimate of drug-likeness (QED) is 0.579. The van der Waals surface area contributed by atoms with E-state index in [0.29, 0.717) is 16.9 Å². The molecule has 1 atom stereocenters. The van der Waals surface area contributed by atoms with Gasteiger partial charge in [-0.25, -0.2) is 4.79 Å². The van der Waals surface area contributed by atoms with Crippen molar-refractivity contribution in [2.75, 3.05) is 7.11 Å². The third-order valence-corrected chi connectivity index (χ3v) is 3.89. The van der Waals surface area contributed by atoms with Crippen LogP contribution in [0.4, 0.5) is 0 Å². The summed E-state index contributed by atoms with van der Waals surface area (Å²) in [5, 5.41) is 0. The number of Topliss-reactive ketones (excluding diaryl/α,β-unsaturated/α-hetero) is 1. The molecule has 0 spiro atoms. The van der Waals surface area contributed by atoms with Crippen LogP contribution in [0.15, 0.2) is 46.9 Å². The number of carbonyl (C=O) groups excluding carboxylic acids is 2. The van der Waals surface area contributed by atoms with Gasteiger partial charge in [0.2, 0.25) is 5.78 Å². The van der Waals surface area contributed by atoms with Crippen molar-refractivity contribution in [1.82, 2.24) is 0 Å². The van der Waals surface area contributed by atoms with Crippen molar-refractivity contribution in [3.63, 3.8) is 0 Å². The van der Waals surface area contributed by atoms with Gasteiger partial charge in [0.05, 0.1) is 7.11 Å². The van der Waals surface area contributed by atoms with E-state index < -0.39 is 12.1 Å². The lowest BCUT2D eigenvalue weighted by Gasteiger charge is -2.14. The fraction of sp³-hybridized carbons (Fsp3) is 0.222. The fourth-order valence-corrected chi connectivity index (χ4v) is 2.37. The van der Waals surface area contributed by atoms with E-state index >= 15 is 0 Å². The predicted octanol–water partition coefficient (Wildman–Crippen LogP) is 4.19. The van der Waals surface area contributed by atoms with Crippen LogP contribution < -0.4 is 4.74 Å². The summed E-state index contributed by atoms with van der Waals surface area (Å²) >= 11 is 3.31. The Morgan fingerprint density at radius 2 is 1.74 bits per heavy atom. The Bertz CT molecular complexity index is 722. The zero-order chi connectivity index (χ0) is 17.0. The second kappa shape index (κ2) is 7.42. The van der Waals surface area contributed by atoms with Gasteiger partial charge in [0.1, 0.15) is 11.3 Å². The van der Waals surface area contributed by atoms with Gasteiger partial charge in [-0.3, -0.25) is 4.79 Å². The highest BCUT2D eigenvalue weighted by Gasteiger charge is 2.22. The number of rotatable bonds is 5. The molecule has 0 saturated heterocycles. The van der Waals surface area contributed by atoms with Crippen LogP contribution in [0.5, 0.6) is 5.75 Å². The number of aryl methyl sites for hydroxylation is 1. The lowest BCUT2D eigenvalue weighted by atomic mass is 10.1. The summed E-state index contributed by atoms with van der Waals surface area (Å²) in [7, 11) is 1.48. The summed E-state index contributed by atoms with van der Waals surface area (Å²) in [6.07, 6.45) is -0.881. The first kappa shape index (κ1) is 17.2. The predicted molar refractivity (Wildman–Crippen MR) is 91.1 cm³/mol. The molecule has 120 valence electrons. The zero-order valence-corrected chi connectivity index (χ0v) is 14.7. The van der Waals surface area contributed by atoms with E-state index in [1.54, 1.807) is 43.3 Å². The molecule has 4 nitrogen and oxygen atoms in total. The van der Waals surface area contributed by atoms with Gasteiger partial charge in [0.25, 0.3) is 0 Å². The van der Waals surface area contributed by atoms with E-state index in [0.717, 1.165) is 10.0 Å². The highest BCUT2D eigenvalue weighted by molar-refractivity contribution is 9.10. The first-order valence-corrected chi connectivity index (χ1v) is 7.87. The molecule has 23 heavy (non-hydrogen) atoms. The molecule has 2 rings (SSSR count). The molecule has 0 saturated carbocycles. The normalized spacial score (nSPS) is 11.7. The molecule has 0 amide bonds. The van der Waals surface area contributed by atoms with Gasteiger partial charge in [0, 0.05) is 10.0 Å². The summed E-state index contributed by atoms with van der Waals surface area (Å²) in [4.78, 5) is 24.6. The third kappa shape index (κ3) is 4.20. The maximum atomic E-state index is 12.3. The number of hydrogen-bond acceptors (Lipinski definition) is 4. The minimum Gasteiger partial charge on any atom is -0.496 e. The number of benzene rings is 2. The Kier molecular flexibility index (Phi) is 5.55. The van der Waals surface area contributed by atoms with Crippen molar-refractivity contribution in [3.8, 4) is 5.75 Å². The molecular weight excluding hydrogens is 360 g/mol. The standard InChI is InChI=1S/C18H17BrO4/c1-11-4-9-16(22-3)15(10-11)18(21)23-12(2)17(20)13-5-7-14(19)8-6-13/h4-10,12H,1-3H3/t12-/m1/s1. The molecule has 0 unspecified atom stereocenters. The molecule has 0 aliphatic carbocycles. The highest BCUT2D eigenvalue weighted by Crippen LogP contribution is 2.21. The zero-order valence-electron chi connectivity index (χ0n) is 13.1. The second-order valence-corrected chi connectivity index (χ2v) is 6.04. The molecule has 5 heteroatoms. The van der Waals surface area contributed by atoms with Crippen LogP contribution in [-0.2, 0) is 4.74 Å². The van der Waals surface area contributed by atoms with Crippen LogP contribution in [-0.4, -0.2) is 25.0 Å². The summed E-state index contributed by atoms with van der Waals surface area (Å²) in [5.74, 6) is -0.412. The second-order valence-electron chi connectivity index (χ2n) is 5.12. The Balaban J connectivity index is 2.15. The minimum atomic E-state index is -0.881. The molecule has 2 aromatic carbocycles. The van der Waals surface area contributed by atoms with Crippen molar-refractivity contribution >= 4 is 27.7 Å². The SMILES string of the molecule is COc1ccc(C)cc1C(=O)O[C@H](C)C(=O)c1ccc(Br)cc1. The number of ether oxygens (including phenoxy) is 2. The highest BCUT2D eigenvalue weighted by atomic mass is 79.9. The monoisotopic (exact) mass is 376 g/mol. The molecule has 0 aromatic heterocycles. The van der Waals surface area contributed by atoms with Crippen molar-refractivity contribution in [2.24, 2.45) is 0 Å². The van der Waals surface area contributed by atoms with Gasteiger partial charge in [-0.2, -0.15) is 0 Å². The molecule has 2 aromatic rings. The van der Waals surface area contributed by atoms with Crippen LogP contribution >= 0.6 is 15.9 Å². The number of methoxy groups -OCH3 is 1. The van der Waals surface area contributed by atoms with Crippen molar-refractivity contribution in [3.05, 3.63) is 63.6 Å². The third-order valence-electron chi connectivity index (χ3n) is 3.36. The summed E-state index contributed by atoms with van der Waals surface area (Å²) < 4.78 is 11.3. The van der Waals surface area contributed by atoms with Gasteiger partial charge < -0.3 is 9.47 Å². The topological polar surface area (TPSA) is 52.6 Å². The van der Waals surface area contributed by atoms with Crippen molar-refractivity contribution in [1.29, 1.82) is 0 Å². The smallest absolute Gasteiger partial charge is 0.342 e. The molecule has 0 N–H and O–H groups in total. The largest absolute Gasteiger partial charge is 0.496 e. The van der Waals surface area contributed by atoms with Gasteiger partial charge in [-0.05, 0) is 38.1 Å².